The van der Waals surface area contributed by atoms with Crippen LogP contribution in [0.15, 0.2) is 78.9 Å². The maximum atomic E-state index is 4.93. The first-order valence-corrected chi connectivity index (χ1v) is 16.3. The number of rotatable bonds is 0. The van der Waals surface area contributed by atoms with Gasteiger partial charge in [-0.1, -0.05) is 56.4 Å². The topological polar surface area (TPSA) is 0 Å². The standard InChI is InChI=1S/C13H9.C6H7.C2H6Si.2ClH.Zr/c1-3-7-12-10(5-1)9-11-6-2-4-8-13(11)12;1-6-4-2-3-5-6;1-3-2;;;/h1-9H;2-5H,1H3;1-2H3;2*1H;/q2*-1;;;;+4/p-2. The van der Waals surface area contributed by atoms with Gasteiger partial charge in [0.15, 0.2) is 0 Å². The van der Waals surface area contributed by atoms with E-state index >= 15 is 0 Å². The van der Waals surface area contributed by atoms with Crippen LogP contribution in [0.4, 0.5) is 0 Å². The van der Waals surface area contributed by atoms with E-state index in [1.165, 1.54) is 27.1 Å². The number of halogens is 2. The zero-order chi connectivity index (χ0) is 18.5. The van der Waals surface area contributed by atoms with Crippen LogP contribution in [0.2, 0.25) is 13.1 Å². The first-order chi connectivity index (χ1) is 12.2. The van der Waals surface area contributed by atoms with Gasteiger partial charge >= 0.3 is 37.9 Å². The molecular formula is C21H22Cl2SiZr. The Balaban J connectivity index is 0.000000218. The Hall–Kier alpha value is -0.660. The first-order valence-electron chi connectivity index (χ1n) is 7.94. The predicted molar refractivity (Wildman–Crippen MR) is 113 cm³/mol. The quantitative estimate of drug-likeness (QED) is 0.186. The molecule has 0 amide bonds. The van der Waals surface area contributed by atoms with E-state index in [1.54, 1.807) is 0 Å². The summed E-state index contributed by atoms with van der Waals surface area (Å²) in [6.45, 7) is 6.39. The van der Waals surface area contributed by atoms with Crippen LogP contribution in [0, 0.1) is 6.92 Å². The summed E-state index contributed by atoms with van der Waals surface area (Å²) in [5.74, 6) is 0. The fourth-order valence-corrected chi connectivity index (χ4v) is 2.37. The molecule has 4 aromatic rings. The Morgan fingerprint density at radius 1 is 0.840 bits per heavy atom. The molecule has 0 nitrogen and oxygen atoms in total. The van der Waals surface area contributed by atoms with Gasteiger partial charge in [0.05, 0.1) is 0 Å². The van der Waals surface area contributed by atoms with Crippen molar-refractivity contribution in [3.05, 3.63) is 84.4 Å². The molecule has 0 heterocycles. The summed E-state index contributed by atoms with van der Waals surface area (Å²) in [5.41, 5.74) is 1.34. The van der Waals surface area contributed by atoms with Gasteiger partial charge in [0.2, 0.25) is 0 Å². The molecule has 2 radical (unpaired) electrons. The molecule has 25 heavy (non-hydrogen) atoms. The van der Waals surface area contributed by atoms with Crippen LogP contribution in [0.25, 0.3) is 21.5 Å². The minimum Gasteiger partial charge on any atom is -0.126 e. The number of benzene rings is 2. The molecule has 0 bridgehead atoms. The second-order valence-electron chi connectivity index (χ2n) is 5.35. The summed E-state index contributed by atoms with van der Waals surface area (Å²) >= 11 is -0.826. The Bertz CT molecular complexity index is 770. The van der Waals surface area contributed by atoms with Crippen molar-refractivity contribution in [2.75, 3.05) is 0 Å². The maximum absolute atomic E-state index is 4.93. The summed E-state index contributed by atoms with van der Waals surface area (Å²) in [6.07, 6.45) is 0. The van der Waals surface area contributed by atoms with Crippen molar-refractivity contribution in [1.82, 2.24) is 0 Å². The summed E-state index contributed by atoms with van der Waals surface area (Å²) in [4.78, 5) is 0. The van der Waals surface area contributed by atoms with Gasteiger partial charge in [0.1, 0.15) is 0 Å². The van der Waals surface area contributed by atoms with Crippen LogP contribution in [-0.4, -0.2) is 9.52 Å². The first kappa shape index (κ1) is 22.4. The molecule has 0 atom stereocenters. The van der Waals surface area contributed by atoms with E-state index < -0.39 is 20.8 Å². The van der Waals surface area contributed by atoms with Gasteiger partial charge in [0, 0.05) is 9.52 Å². The van der Waals surface area contributed by atoms with E-state index in [0.29, 0.717) is 0 Å². The van der Waals surface area contributed by atoms with Crippen LogP contribution < -0.4 is 0 Å². The fraction of sp³-hybridized carbons (Fsp3) is 0.143. The largest absolute Gasteiger partial charge is 0.126 e. The van der Waals surface area contributed by atoms with Gasteiger partial charge in [0.25, 0.3) is 0 Å². The van der Waals surface area contributed by atoms with Crippen LogP contribution in [-0.2, 0) is 20.8 Å². The normalized spacial score (nSPS) is 9.00. The summed E-state index contributed by atoms with van der Waals surface area (Å²) < 4.78 is 0. The molecule has 0 spiro atoms. The third-order valence-corrected chi connectivity index (χ3v) is 3.35. The van der Waals surface area contributed by atoms with Gasteiger partial charge in [-0.3, -0.25) is 0 Å². The molecule has 0 aliphatic carbocycles. The van der Waals surface area contributed by atoms with Gasteiger partial charge < -0.3 is 0 Å². The van der Waals surface area contributed by atoms with Gasteiger partial charge in [-0.25, -0.2) is 11.6 Å². The number of fused-ring (bicyclic) bond motifs is 3. The molecule has 4 heteroatoms. The molecule has 0 saturated carbocycles. The molecule has 0 aliphatic rings. The second-order valence-corrected chi connectivity index (χ2v) is 10.1. The van der Waals surface area contributed by atoms with Crippen LogP contribution in [0.1, 0.15) is 5.56 Å². The zero-order valence-electron chi connectivity index (χ0n) is 14.8. The number of hydrogen-bond acceptors (Lipinski definition) is 0. The minimum atomic E-state index is -0.826. The molecule has 4 aromatic carbocycles. The van der Waals surface area contributed by atoms with Crippen molar-refractivity contribution in [3.63, 3.8) is 0 Å². The van der Waals surface area contributed by atoms with Crippen molar-refractivity contribution in [3.8, 4) is 0 Å². The third-order valence-electron chi connectivity index (χ3n) is 3.35. The van der Waals surface area contributed by atoms with E-state index in [2.05, 4.69) is 86.7 Å². The second kappa shape index (κ2) is 13.5. The smallest absolute Gasteiger partial charge is 0.0771 e. The fourth-order valence-electron chi connectivity index (χ4n) is 2.37. The zero-order valence-corrected chi connectivity index (χ0v) is 19.7. The minimum absolute atomic E-state index is 0.826. The van der Waals surface area contributed by atoms with Crippen LogP contribution in [0.3, 0.4) is 0 Å². The molecule has 4 rings (SSSR count). The Kier molecular flexibility index (Phi) is 12.1. The molecular weight excluding hydrogens is 442 g/mol. The Morgan fingerprint density at radius 2 is 1.28 bits per heavy atom. The molecule has 0 saturated heterocycles. The van der Waals surface area contributed by atoms with Gasteiger partial charge in [-0.05, 0) is 0 Å². The monoisotopic (exact) mass is 462 g/mol. The van der Waals surface area contributed by atoms with Gasteiger partial charge in [-0.2, -0.15) is 18.2 Å². The predicted octanol–water partition coefficient (Wildman–Crippen LogP) is 7.59. The van der Waals surface area contributed by atoms with Gasteiger partial charge in [-0.15, -0.1) is 39.7 Å². The molecule has 128 valence electrons. The van der Waals surface area contributed by atoms with Crippen LogP contribution >= 0.6 is 17.0 Å². The Morgan fingerprint density at radius 3 is 1.60 bits per heavy atom. The number of aryl methyl sites for hydroxylation is 1. The summed E-state index contributed by atoms with van der Waals surface area (Å²) in [7, 11) is 11.0. The average Bonchev–Trinajstić information content (AvgIpc) is 3.23. The van der Waals surface area contributed by atoms with E-state index in [0.717, 1.165) is 9.52 Å². The SMILES string of the molecule is C[Si]C.Cc1cc[cH-]c1.[Cl][Zr+2][Cl].c1ccc2c(c1)[cH-]c1ccccc12. The third kappa shape index (κ3) is 8.05. The van der Waals surface area contributed by atoms with Crippen molar-refractivity contribution in [1.29, 1.82) is 0 Å². The number of hydrogen-bond donors (Lipinski definition) is 0. The molecule has 0 unspecified atom stereocenters. The van der Waals surface area contributed by atoms with E-state index in [-0.39, 0.29) is 0 Å². The summed E-state index contributed by atoms with van der Waals surface area (Å²) in [6, 6.07) is 27.5. The van der Waals surface area contributed by atoms with E-state index in [4.69, 9.17) is 17.0 Å². The van der Waals surface area contributed by atoms with Crippen molar-refractivity contribution >= 4 is 48.1 Å². The molecule has 0 aromatic heterocycles. The molecule has 0 aliphatic heterocycles. The van der Waals surface area contributed by atoms with E-state index in [1.807, 2.05) is 12.1 Å². The van der Waals surface area contributed by atoms with Crippen molar-refractivity contribution in [2.45, 2.75) is 20.0 Å². The van der Waals surface area contributed by atoms with E-state index in [9.17, 15) is 0 Å². The van der Waals surface area contributed by atoms with Crippen molar-refractivity contribution < 1.29 is 20.8 Å². The van der Waals surface area contributed by atoms with Crippen LogP contribution in [0.5, 0.6) is 0 Å². The maximum Gasteiger partial charge on any atom is -0.0771 e. The Labute approximate surface area is 172 Å². The average molecular weight is 465 g/mol. The van der Waals surface area contributed by atoms with Crippen molar-refractivity contribution in [2.24, 2.45) is 0 Å². The summed E-state index contributed by atoms with van der Waals surface area (Å²) in [5, 5.41) is 5.39. The molecule has 0 fully saturated rings. The molecule has 0 N–H and O–H groups in total.